The van der Waals surface area contributed by atoms with Crippen molar-refractivity contribution in [3.05, 3.63) is 71.8 Å². The van der Waals surface area contributed by atoms with E-state index in [9.17, 15) is 33.9 Å². The zero-order valence-electron chi connectivity index (χ0n) is 22.2. The van der Waals surface area contributed by atoms with E-state index in [0.29, 0.717) is 11.1 Å². The Morgan fingerprint density at radius 3 is 1.39 bits per heavy atom. The van der Waals surface area contributed by atoms with Gasteiger partial charge in [0, 0.05) is 25.7 Å². The van der Waals surface area contributed by atoms with Gasteiger partial charge >= 0.3 is 17.9 Å². The monoisotopic (exact) mass is 570 g/mol. The molecule has 0 aliphatic carbocycles. The van der Waals surface area contributed by atoms with Crippen LogP contribution in [0.4, 0.5) is 0 Å². The Hall–Kier alpha value is -4.78. The van der Waals surface area contributed by atoms with Crippen LogP contribution in [-0.4, -0.2) is 75.1 Å². The molecule has 8 N–H and O–H groups in total. The highest BCUT2D eigenvalue weighted by molar-refractivity contribution is 5.94. The van der Waals surface area contributed by atoms with Crippen LogP contribution in [0.3, 0.4) is 0 Å². The van der Waals surface area contributed by atoms with Crippen LogP contribution in [0.5, 0.6) is 0 Å². The van der Waals surface area contributed by atoms with Gasteiger partial charge < -0.3 is 37.0 Å². The summed E-state index contributed by atoms with van der Waals surface area (Å²) in [5, 5.41) is 34.7. The minimum Gasteiger partial charge on any atom is -0.481 e. The molecule has 3 amide bonds. The zero-order chi connectivity index (χ0) is 30.4. The lowest BCUT2D eigenvalue weighted by molar-refractivity contribution is -0.143. The first-order chi connectivity index (χ1) is 19.5. The Labute approximate surface area is 236 Å². The molecule has 0 saturated carbocycles. The number of aliphatic carboxylic acids is 3. The van der Waals surface area contributed by atoms with Crippen molar-refractivity contribution in [3.63, 3.8) is 0 Å². The summed E-state index contributed by atoms with van der Waals surface area (Å²) in [6.45, 7) is 0. The summed E-state index contributed by atoms with van der Waals surface area (Å²) in [6.07, 6.45) is -1.40. The summed E-state index contributed by atoms with van der Waals surface area (Å²) >= 11 is 0. The molecular weight excluding hydrogens is 536 g/mol. The molecule has 0 aliphatic heterocycles. The molecule has 0 radical (unpaired) electrons. The van der Waals surface area contributed by atoms with Gasteiger partial charge in [-0.25, -0.2) is 4.79 Å². The highest BCUT2D eigenvalue weighted by Gasteiger charge is 2.31. The van der Waals surface area contributed by atoms with Crippen molar-refractivity contribution in [1.82, 2.24) is 16.0 Å². The summed E-state index contributed by atoms with van der Waals surface area (Å²) < 4.78 is 0. The second-order valence-electron chi connectivity index (χ2n) is 9.37. The van der Waals surface area contributed by atoms with Crippen molar-refractivity contribution in [1.29, 1.82) is 0 Å². The van der Waals surface area contributed by atoms with Gasteiger partial charge in [-0.1, -0.05) is 60.7 Å². The van der Waals surface area contributed by atoms with Crippen molar-refractivity contribution in [2.75, 3.05) is 0 Å². The SMILES string of the molecule is N[C@@H](CCC(=O)O)C(=O)N[C@@H](Cc1ccccc1)C(=O)N[C@@H](Cc1ccccc1)C(=O)N[C@@H](CCC(=O)O)C(=O)O. The predicted octanol–water partition coefficient (Wildman–Crippen LogP) is 0.0677. The fourth-order valence-electron chi connectivity index (χ4n) is 3.88. The first kappa shape index (κ1) is 32.4. The number of carboxylic acids is 3. The van der Waals surface area contributed by atoms with Crippen LogP contribution in [0.1, 0.15) is 36.8 Å². The van der Waals surface area contributed by atoms with Crippen molar-refractivity contribution in [3.8, 4) is 0 Å². The zero-order valence-corrected chi connectivity index (χ0v) is 22.2. The molecule has 2 aromatic carbocycles. The quantitative estimate of drug-likeness (QED) is 0.135. The maximum Gasteiger partial charge on any atom is 0.326 e. The average Bonchev–Trinajstić information content (AvgIpc) is 2.93. The molecule has 2 rings (SSSR count). The van der Waals surface area contributed by atoms with Gasteiger partial charge in [0.25, 0.3) is 0 Å². The minimum atomic E-state index is -1.51. The first-order valence-corrected chi connectivity index (χ1v) is 12.9. The summed E-state index contributed by atoms with van der Waals surface area (Å²) in [5.74, 6) is -6.19. The first-order valence-electron chi connectivity index (χ1n) is 12.9. The fourth-order valence-corrected chi connectivity index (χ4v) is 3.88. The van der Waals surface area contributed by atoms with Crippen LogP contribution < -0.4 is 21.7 Å². The molecule has 0 aliphatic rings. The smallest absolute Gasteiger partial charge is 0.326 e. The van der Waals surface area contributed by atoms with E-state index < -0.39 is 66.2 Å². The van der Waals surface area contributed by atoms with Gasteiger partial charge in [-0.15, -0.1) is 0 Å². The summed E-state index contributed by atoms with van der Waals surface area (Å²) in [6, 6.07) is 12.1. The lowest BCUT2D eigenvalue weighted by Gasteiger charge is -2.25. The number of nitrogens with one attached hydrogen (secondary N) is 3. The fraction of sp³-hybridized carbons (Fsp3) is 0.357. The molecule has 2 aromatic rings. The number of carboxylic acid groups (broad SMARTS) is 3. The van der Waals surface area contributed by atoms with Gasteiger partial charge in [0.2, 0.25) is 17.7 Å². The average molecular weight is 571 g/mol. The van der Waals surface area contributed by atoms with Gasteiger partial charge in [0.05, 0.1) is 6.04 Å². The third-order valence-electron chi connectivity index (χ3n) is 6.10. The van der Waals surface area contributed by atoms with Crippen LogP contribution in [0.15, 0.2) is 60.7 Å². The maximum absolute atomic E-state index is 13.5. The lowest BCUT2D eigenvalue weighted by atomic mass is 10.0. The molecule has 0 spiro atoms. The molecule has 13 nitrogen and oxygen atoms in total. The number of nitrogens with two attached hydrogens (primary N) is 1. The number of amides is 3. The molecule has 0 unspecified atom stereocenters. The molecule has 0 bridgehead atoms. The second kappa shape index (κ2) is 16.4. The summed E-state index contributed by atoms with van der Waals surface area (Å²) in [4.78, 5) is 72.9. The van der Waals surface area contributed by atoms with Crippen molar-refractivity contribution in [2.45, 2.75) is 62.7 Å². The molecule has 41 heavy (non-hydrogen) atoms. The molecule has 0 saturated heterocycles. The lowest BCUT2D eigenvalue weighted by Crippen LogP contribution is -2.58. The van der Waals surface area contributed by atoms with E-state index >= 15 is 0 Å². The van der Waals surface area contributed by atoms with Crippen LogP contribution in [0.25, 0.3) is 0 Å². The van der Waals surface area contributed by atoms with Gasteiger partial charge in [-0.05, 0) is 24.0 Å². The molecule has 4 atom stereocenters. The number of carbonyl (C=O) groups is 6. The van der Waals surface area contributed by atoms with E-state index in [-0.39, 0.29) is 32.1 Å². The minimum absolute atomic E-state index is 0.0140. The highest BCUT2D eigenvalue weighted by atomic mass is 16.4. The largest absolute Gasteiger partial charge is 0.481 e. The second-order valence-corrected chi connectivity index (χ2v) is 9.37. The van der Waals surface area contributed by atoms with Gasteiger partial charge in [-0.2, -0.15) is 0 Å². The molecule has 0 heterocycles. The maximum atomic E-state index is 13.5. The number of carbonyl (C=O) groups excluding carboxylic acids is 3. The number of rotatable bonds is 17. The summed E-state index contributed by atoms with van der Waals surface area (Å²) in [5.41, 5.74) is 7.14. The normalized spacial score (nSPS) is 13.6. The van der Waals surface area contributed by atoms with E-state index in [0.717, 1.165) is 0 Å². The third kappa shape index (κ3) is 11.9. The Morgan fingerprint density at radius 1 is 0.585 bits per heavy atom. The molecule has 0 aromatic heterocycles. The summed E-state index contributed by atoms with van der Waals surface area (Å²) in [7, 11) is 0. The van der Waals surface area contributed by atoms with Gasteiger partial charge in [0.15, 0.2) is 0 Å². The van der Waals surface area contributed by atoms with Gasteiger partial charge in [-0.3, -0.25) is 24.0 Å². The van der Waals surface area contributed by atoms with E-state index in [2.05, 4.69) is 16.0 Å². The van der Waals surface area contributed by atoms with Crippen LogP contribution >= 0.6 is 0 Å². The van der Waals surface area contributed by atoms with Crippen LogP contribution in [-0.2, 0) is 41.6 Å². The number of benzene rings is 2. The van der Waals surface area contributed by atoms with E-state index in [4.69, 9.17) is 15.9 Å². The Morgan fingerprint density at radius 2 is 0.976 bits per heavy atom. The van der Waals surface area contributed by atoms with Crippen LogP contribution in [0, 0.1) is 0 Å². The Balaban J connectivity index is 2.28. The topological polar surface area (TPSA) is 225 Å². The Bertz CT molecular complexity index is 1210. The van der Waals surface area contributed by atoms with Gasteiger partial charge in [0.1, 0.15) is 18.1 Å². The standard InChI is InChI=1S/C28H34N4O9/c29-19(11-13-23(33)34)25(37)31-21(15-17-7-3-1-4-8-17)27(39)32-22(16-18-9-5-2-6-10-18)26(38)30-20(28(40)41)12-14-24(35)36/h1-10,19-22H,11-16,29H2,(H,30,38)(H,31,37)(H,32,39)(H,33,34)(H,35,36)(H,40,41)/t19-,20-,21-,22-/m0/s1. The molecular formula is C28H34N4O9. The van der Waals surface area contributed by atoms with E-state index in [1.54, 1.807) is 60.7 Å². The number of hydrogen-bond acceptors (Lipinski definition) is 7. The highest BCUT2D eigenvalue weighted by Crippen LogP contribution is 2.09. The van der Waals surface area contributed by atoms with Crippen LogP contribution in [0.2, 0.25) is 0 Å². The van der Waals surface area contributed by atoms with E-state index in [1.807, 2.05) is 0 Å². The predicted molar refractivity (Wildman–Crippen MR) is 145 cm³/mol. The van der Waals surface area contributed by atoms with E-state index in [1.165, 1.54) is 0 Å². The third-order valence-corrected chi connectivity index (χ3v) is 6.10. The van der Waals surface area contributed by atoms with Crippen molar-refractivity contribution < 1.29 is 44.1 Å². The molecule has 0 fully saturated rings. The molecule has 13 heteroatoms. The van der Waals surface area contributed by atoms with Crippen molar-refractivity contribution in [2.24, 2.45) is 5.73 Å². The molecule has 220 valence electrons. The number of hydrogen-bond donors (Lipinski definition) is 7. The van der Waals surface area contributed by atoms with Crippen molar-refractivity contribution >= 4 is 35.6 Å². The Kier molecular flexibility index (Phi) is 12.9.